The number of hydrogen-bond acceptors (Lipinski definition) is 4. The van der Waals surface area contributed by atoms with Crippen LogP contribution in [-0.4, -0.2) is 37.6 Å². The number of hydrogen-bond donors (Lipinski definition) is 2. The van der Waals surface area contributed by atoms with Gasteiger partial charge in [-0.3, -0.25) is 4.79 Å². The molecule has 3 amide bonds. The van der Waals surface area contributed by atoms with Crippen LogP contribution in [0.2, 0.25) is 0 Å². The average Bonchev–Trinajstić information content (AvgIpc) is 2.92. The molecule has 182 valence electrons. The summed E-state index contributed by atoms with van der Waals surface area (Å²) in [5.41, 5.74) is 2.66. The highest BCUT2D eigenvalue weighted by Crippen LogP contribution is 2.35. The highest BCUT2D eigenvalue weighted by atomic mass is 16.5. The molecule has 1 saturated heterocycles. The van der Waals surface area contributed by atoms with Crippen molar-refractivity contribution in [3.63, 3.8) is 0 Å². The van der Waals surface area contributed by atoms with Crippen LogP contribution in [0.3, 0.4) is 0 Å². The summed E-state index contributed by atoms with van der Waals surface area (Å²) >= 11 is 0. The SMILES string of the molecule is COc1ccc(NC(=O)C2CCC(c3ccccc3)N(C(=O)NCc3ccccc3)C2)c(OC)c1. The van der Waals surface area contributed by atoms with Crippen molar-refractivity contribution in [2.45, 2.75) is 25.4 Å². The van der Waals surface area contributed by atoms with E-state index in [9.17, 15) is 9.59 Å². The van der Waals surface area contributed by atoms with Crippen molar-refractivity contribution in [1.29, 1.82) is 0 Å². The summed E-state index contributed by atoms with van der Waals surface area (Å²) in [5, 5.41) is 6.01. The Kier molecular flexibility index (Phi) is 7.88. The van der Waals surface area contributed by atoms with E-state index in [-0.39, 0.29) is 23.9 Å². The van der Waals surface area contributed by atoms with Crippen LogP contribution in [0.15, 0.2) is 78.9 Å². The smallest absolute Gasteiger partial charge is 0.318 e. The Bertz CT molecular complexity index is 1140. The first-order valence-corrected chi connectivity index (χ1v) is 11.7. The number of piperidine rings is 1. The monoisotopic (exact) mass is 473 g/mol. The van der Waals surface area contributed by atoms with Gasteiger partial charge in [0.1, 0.15) is 11.5 Å². The van der Waals surface area contributed by atoms with E-state index in [1.165, 1.54) is 0 Å². The molecule has 7 heteroatoms. The molecule has 2 unspecified atom stereocenters. The first kappa shape index (κ1) is 24.1. The van der Waals surface area contributed by atoms with Gasteiger partial charge in [-0.05, 0) is 36.1 Å². The number of rotatable bonds is 7. The van der Waals surface area contributed by atoms with Gasteiger partial charge in [0.15, 0.2) is 0 Å². The van der Waals surface area contributed by atoms with E-state index >= 15 is 0 Å². The number of nitrogens with one attached hydrogen (secondary N) is 2. The fourth-order valence-electron chi connectivity index (χ4n) is 4.44. The van der Waals surface area contributed by atoms with Crippen molar-refractivity contribution in [3.05, 3.63) is 90.0 Å². The summed E-state index contributed by atoms with van der Waals surface area (Å²) in [7, 11) is 3.13. The van der Waals surface area contributed by atoms with E-state index in [0.29, 0.717) is 43.1 Å². The Morgan fingerprint density at radius 1 is 0.914 bits per heavy atom. The van der Waals surface area contributed by atoms with E-state index in [2.05, 4.69) is 10.6 Å². The largest absolute Gasteiger partial charge is 0.497 e. The van der Waals surface area contributed by atoms with Gasteiger partial charge >= 0.3 is 6.03 Å². The number of urea groups is 1. The molecule has 1 fully saturated rings. The molecule has 1 heterocycles. The zero-order chi connectivity index (χ0) is 24.6. The van der Waals surface area contributed by atoms with Crippen LogP contribution < -0.4 is 20.1 Å². The van der Waals surface area contributed by atoms with Crippen LogP contribution in [-0.2, 0) is 11.3 Å². The quantitative estimate of drug-likeness (QED) is 0.506. The molecular weight excluding hydrogens is 442 g/mol. The van der Waals surface area contributed by atoms with Gasteiger partial charge in [0.2, 0.25) is 5.91 Å². The predicted octanol–water partition coefficient (Wildman–Crippen LogP) is 5.01. The average molecular weight is 474 g/mol. The minimum Gasteiger partial charge on any atom is -0.497 e. The zero-order valence-electron chi connectivity index (χ0n) is 20.1. The molecule has 3 aromatic carbocycles. The molecule has 0 bridgehead atoms. The molecule has 1 aliphatic heterocycles. The number of benzene rings is 3. The number of likely N-dealkylation sites (tertiary alicyclic amines) is 1. The number of anilines is 1. The van der Waals surface area contributed by atoms with Gasteiger partial charge in [-0.15, -0.1) is 0 Å². The molecule has 2 N–H and O–H groups in total. The van der Waals surface area contributed by atoms with E-state index < -0.39 is 0 Å². The molecule has 4 rings (SSSR count). The molecule has 1 aliphatic rings. The van der Waals surface area contributed by atoms with Crippen molar-refractivity contribution in [3.8, 4) is 11.5 Å². The number of carbonyl (C=O) groups is 2. The van der Waals surface area contributed by atoms with Gasteiger partial charge in [-0.1, -0.05) is 60.7 Å². The lowest BCUT2D eigenvalue weighted by Gasteiger charge is -2.39. The fourth-order valence-corrected chi connectivity index (χ4v) is 4.44. The molecule has 7 nitrogen and oxygen atoms in total. The van der Waals surface area contributed by atoms with Crippen LogP contribution in [0.1, 0.15) is 30.0 Å². The summed E-state index contributed by atoms with van der Waals surface area (Å²) in [4.78, 5) is 28.3. The molecule has 0 spiro atoms. The Labute approximate surface area is 206 Å². The standard InChI is InChI=1S/C28H31N3O4/c1-34-23-14-15-24(26(17-23)35-2)30-27(32)22-13-16-25(21-11-7-4-8-12-21)31(19-22)28(33)29-18-20-9-5-3-6-10-20/h3-12,14-15,17,22,25H,13,16,18-19H2,1-2H3,(H,29,33)(H,30,32). The minimum absolute atomic E-state index is 0.0912. The summed E-state index contributed by atoms with van der Waals surface area (Å²) < 4.78 is 10.7. The third kappa shape index (κ3) is 5.93. The van der Waals surface area contributed by atoms with Gasteiger partial charge in [0, 0.05) is 19.2 Å². The molecule has 0 aliphatic carbocycles. The first-order chi connectivity index (χ1) is 17.1. The topological polar surface area (TPSA) is 79.9 Å². The molecule has 3 aromatic rings. The van der Waals surface area contributed by atoms with Crippen LogP contribution in [0.4, 0.5) is 10.5 Å². The van der Waals surface area contributed by atoms with E-state index in [1.54, 1.807) is 37.3 Å². The zero-order valence-corrected chi connectivity index (χ0v) is 20.1. The molecular formula is C28H31N3O4. The summed E-state index contributed by atoms with van der Waals surface area (Å²) in [5.74, 6) is 0.683. The van der Waals surface area contributed by atoms with E-state index in [1.807, 2.05) is 60.7 Å². The molecule has 0 aromatic heterocycles. The molecule has 0 saturated carbocycles. The molecule has 2 atom stereocenters. The van der Waals surface area contributed by atoms with Gasteiger partial charge in [0.25, 0.3) is 0 Å². The van der Waals surface area contributed by atoms with Gasteiger partial charge in [0.05, 0.1) is 31.9 Å². The Balaban J connectivity index is 1.49. The fraction of sp³-hybridized carbons (Fsp3) is 0.286. The number of carbonyl (C=O) groups excluding carboxylic acids is 2. The van der Waals surface area contributed by atoms with E-state index in [0.717, 1.165) is 11.1 Å². The van der Waals surface area contributed by atoms with Crippen LogP contribution in [0.25, 0.3) is 0 Å². The van der Waals surface area contributed by atoms with Crippen molar-refractivity contribution >= 4 is 17.6 Å². The minimum atomic E-state index is -0.343. The molecule has 0 radical (unpaired) electrons. The highest BCUT2D eigenvalue weighted by molar-refractivity contribution is 5.94. The Hall–Kier alpha value is -4.00. The van der Waals surface area contributed by atoms with Crippen LogP contribution in [0, 0.1) is 5.92 Å². The maximum atomic E-state index is 13.3. The Morgan fingerprint density at radius 3 is 2.31 bits per heavy atom. The second-order valence-corrected chi connectivity index (χ2v) is 8.55. The van der Waals surface area contributed by atoms with E-state index in [4.69, 9.17) is 9.47 Å². The van der Waals surface area contributed by atoms with Crippen molar-refractivity contribution in [1.82, 2.24) is 10.2 Å². The van der Waals surface area contributed by atoms with Crippen LogP contribution >= 0.6 is 0 Å². The Morgan fingerprint density at radius 2 is 1.63 bits per heavy atom. The lowest BCUT2D eigenvalue weighted by molar-refractivity contribution is -0.121. The maximum Gasteiger partial charge on any atom is 0.318 e. The normalized spacial score (nSPS) is 17.4. The van der Waals surface area contributed by atoms with Crippen molar-refractivity contribution in [2.24, 2.45) is 5.92 Å². The number of ether oxygens (including phenoxy) is 2. The second-order valence-electron chi connectivity index (χ2n) is 8.55. The maximum absolute atomic E-state index is 13.3. The highest BCUT2D eigenvalue weighted by Gasteiger charge is 2.35. The summed E-state index contributed by atoms with van der Waals surface area (Å²) in [6, 6.07) is 24.8. The number of methoxy groups -OCH3 is 2. The van der Waals surface area contributed by atoms with Crippen molar-refractivity contribution in [2.75, 3.05) is 26.1 Å². The summed E-state index contributed by atoms with van der Waals surface area (Å²) in [6.45, 7) is 0.752. The van der Waals surface area contributed by atoms with Crippen molar-refractivity contribution < 1.29 is 19.1 Å². The lowest BCUT2D eigenvalue weighted by Crippen LogP contribution is -2.49. The third-order valence-corrected chi connectivity index (χ3v) is 6.35. The van der Waals surface area contributed by atoms with Gasteiger partial charge in [-0.25, -0.2) is 4.79 Å². The number of nitrogens with zero attached hydrogens (tertiary/aromatic N) is 1. The number of amides is 3. The first-order valence-electron chi connectivity index (χ1n) is 11.7. The van der Waals surface area contributed by atoms with Gasteiger partial charge in [-0.2, -0.15) is 0 Å². The summed E-state index contributed by atoms with van der Waals surface area (Å²) in [6.07, 6.45) is 1.37. The third-order valence-electron chi connectivity index (χ3n) is 6.35. The second kappa shape index (κ2) is 11.4. The lowest BCUT2D eigenvalue weighted by atomic mass is 9.88. The van der Waals surface area contributed by atoms with Crippen LogP contribution in [0.5, 0.6) is 11.5 Å². The predicted molar refractivity (Wildman–Crippen MR) is 135 cm³/mol. The van der Waals surface area contributed by atoms with Gasteiger partial charge < -0.3 is 25.0 Å². The molecule has 35 heavy (non-hydrogen) atoms.